The predicted octanol–water partition coefficient (Wildman–Crippen LogP) is 1.32. The molecule has 1 unspecified atom stereocenters. The first-order valence-electron chi connectivity index (χ1n) is 4.19. The zero-order valence-electron chi connectivity index (χ0n) is 7.56. The lowest BCUT2D eigenvalue weighted by Gasteiger charge is -2.05. The van der Waals surface area contributed by atoms with Gasteiger partial charge in [0.25, 0.3) is 0 Å². The molecule has 0 fully saturated rings. The zero-order chi connectivity index (χ0) is 10.4. The minimum atomic E-state index is -0.639. The Balaban J connectivity index is 2.28. The molecule has 2 N–H and O–H groups in total. The molecule has 1 rings (SSSR count). The standard InChI is InChI=1S/C9H12ClNO2S/c10-9-2-1-7(3-11-9)5-14-6-8(13)4-12/h1-3,8,12-13H,4-6H2. The van der Waals surface area contributed by atoms with E-state index in [1.165, 1.54) is 0 Å². The van der Waals surface area contributed by atoms with Gasteiger partial charge in [-0.25, -0.2) is 4.98 Å². The Hall–Kier alpha value is -0.290. The summed E-state index contributed by atoms with van der Waals surface area (Å²) >= 11 is 7.18. The van der Waals surface area contributed by atoms with Crippen LogP contribution in [0.2, 0.25) is 5.15 Å². The maximum Gasteiger partial charge on any atom is 0.129 e. The number of hydrogen-bond donors (Lipinski definition) is 2. The van der Waals surface area contributed by atoms with Crippen molar-refractivity contribution in [2.45, 2.75) is 11.9 Å². The van der Waals surface area contributed by atoms with Crippen LogP contribution in [0.5, 0.6) is 0 Å². The Morgan fingerprint density at radius 2 is 2.29 bits per heavy atom. The lowest BCUT2D eigenvalue weighted by atomic mass is 10.3. The van der Waals surface area contributed by atoms with Gasteiger partial charge in [0.2, 0.25) is 0 Å². The largest absolute Gasteiger partial charge is 0.394 e. The van der Waals surface area contributed by atoms with Crippen LogP contribution in [0.1, 0.15) is 5.56 Å². The Kier molecular flexibility index (Phi) is 5.25. The normalized spacial score (nSPS) is 12.8. The fraction of sp³-hybridized carbons (Fsp3) is 0.444. The van der Waals surface area contributed by atoms with E-state index in [9.17, 15) is 0 Å². The van der Waals surface area contributed by atoms with Crippen molar-refractivity contribution >= 4 is 23.4 Å². The number of rotatable bonds is 5. The average Bonchev–Trinajstić information content (AvgIpc) is 2.21. The van der Waals surface area contributed by atoms with E-state index >= 15 is 0 Å². The van der Waals surface area contributed by atoms with E-state index in [1.807, 2.05) is 6.07 Å². The van der Waals surface area contributed by atoms with Crippen molar-refractivity contribution in [3.8, 4) is 0 Å². The van der Waals surface area contributed by atoms with Crippen LogP contribution in [0.15, 0.2) is 18.3 Å². The smallest absolute Gasteiger partial charge is 0.129 e. The van der Waals surface area contributed by atoms with E-state index in [-0.39, 0.29) is 6.61 Å². The van der Waals surface area contributed by atoms with Crippen LogP contribution in [0, 0.1) is 0 Å². The molecule has 14 heavy (non-hydrogen) atoms. The number of pyridine rings is 1. The molecule has 3 nitrogen and oxygen atoms in total. The second-order valence-electron chi connectivity index (χ2n) is 2.84. The Morgan fingerprint density at radius 3 is 2.86 bits per heavy atom. The molecule has 0 radical (unpaired) electrons. The van der Waals surface area contributed by atoms with Gasteiger partial charge in [-0.15, -0.1) is 0 Å². The number of nitrogens with zero attached hydrogens (tertiary/aromatic N) is 1. The predicted molar refractivity (Wildman–Crippen MR) is 58.5 cm³/mol. The average molecular weight is 234 g/mol. The van der Waals surface area contributed by atoms with Gasteiger partial charge < -0.3 is 10.2 Å². The first kappa shape index (κ1) is 11.8. The molecular weight excluding hydrogens is 222 g/mol. The summed E-state index contributed by atoms with van der Waals surface area (Å²) < 4.78 is 0. The molecular formula is C9H12ClNO2S. The zero-order valence-corrected chi connectivity index (χ0v) is 9.13. The lowest BCUT2D eigenvalue weighted by molar-refractivity contribution is 0.113. The molecule has 1 atom stereocenters. The summed E-state index contributed by atoms with van der Waals surface area (Å²) in [6, 6.07) is 3.63. The Labute approximate surface area is 92.1 Å². The molecule has 0 aliphatic carbocycles. The molecule has 0 aliphatic rings. The van der Waals surface area contributed by atoms with E-state index in [0.29, 0.717) is 10.9 Å². The van der Waals surface area contributed by atoms with Crippen molar-refractivity contribution < 1.29 is 10.2 Å². The molecule has 0 aliphatic heterocycles. The fourth-order valence-electron chi connectivity index (χ4n) is 0.857. The molecule has 1 aromatic rings. The molecule has 0 aromatic carbocycles. The minimum Gasteiger partial charge on any atom is -0.394 e. The number of halogens is 1. The summed E-state index contributed by atoms with van der Waals surface area (Å²) in [5.74, 6) is 1.29. The van der Waals surface area contributed by atoms with Gasteiger partial charge in [-0.1, -0.05) is 17.7 Å². The molecule has 0 saturated heterocycles. The van der Waals surface area contributed by atoms with E-state index < -0.39 is 6.10 Å². The Bertz CT molecular complexity index is 268. The number of aliphatic hydroxyl groups excluding tert-OH is 2. The van der Waals surface area contributed by atoms with Crippen molar-refractivity contribution in [1.82, 2.24) is 4.98 Å². The number of aliphatic hydroxyl groups is 2. The molecule has 0 spiro atoms. The summed E-state index contributed by atoms with van der Waals surface area (Å²) in [5.41, 5.74) is 1.06. The van der Waals surface area contributed by atoms with Crippen LogP contribution in [0.3, 0.4) is 0 Å². The second-order valence-corrected chi connectivity index (χ2v) is 4.26. The minimum absolute atomic E-state index is 0.189. The molecule has 1 heterocycles. The molecule has 0 bridgehead atoms. The van der Waals surface area contributed by atoms with Crippen LogP contribution in [-0.2, 0) is 5.75 Å². The molecule has 5 heteroatoms. The molecule has 78 valence electrons. The number of thioether (sulfide) groups is 1. The van der Waals surface area contributed by atoms with Crippen LogP contribution >= 0.6 is 23.4 Å². The topological polar surface area (TPSA) is 53.4 Å². The van der Waals surface area contributed by atoms with Gasteiger partial charge in [0.05, 0.1) is 12.7 Å². The highest BCUT2D eigenvalue weighted by Crippen LogP contribution is 2.13. The first-order valence-corrected chi connectivity index (χ1v) is 5.72. The highest BCUT2D eigenvalue weighted by Gasteiger charge is 2.02. The van der Waals surface area contributed by atoms with Crippen molar-refractivity contribution in [2.24, 2.45) is 0 Å². The van der Waals surface area contributed by atoms with Crippen LogP contribution in [-0.4, -0.2) is 33.7 Å². The van der Waals surface area contributed by atoms with E-state index in [4.69, 9.17) is 21.8 Å². The van der Waals surface area contributed by atoms with Crippen LogP contribution in [0.4, 0.5) is 0 Å². The third kappa shape index (κ3) is 4.28. The monoisotopic (exact) mass is 233 g/mol. The maximum atomic E-state index is 9.07. The van der Waals surface area contributed by atoms with Gasteiger partial charge in [-0.05, 0) is 11.6 Å². The Morgan fingerprint density at radius 1 is 1.50 bits per heavy atom. The summed E-state index contributed by atoms with van der Waals surface area (Å²) in [7, 11) is 0. The van der Waals surface area contributed by atoms with Crippen molar-refractivity contribution in [2.75, 3.05) is 12.4 Å². The third-order valence-corrected chi connectivity index (χ3v) is 2.96. The van der Waals surface area contributed by atoms with E-state index in [2.05, 4.69) is 4.98 Å². The summed E-state index contributed by atoms with van der Waals surface area (Å²) in [6.45, 7) is -0.189. The van der Waals surface area contributed by atoms with Gasteiger partial charge in [-0.2, -0.15) is 11.8 Å². The van der Waals surface area contributed by atoms with Crippen molar-refractivity contribution in [3.05, 3.63) is 29.0 Å². The van der Waals surface area contributed by atoms with Crippen LogP contribution in [0.25, 0.3) is 0 Å². The number of aromatic nitrogens is 1. The quantitative estimate of drug-likeness (QED) is 0.754. The SMILES string of the molecule is OCC(O)CSCc1ccc(Cl)nc1. The summed E-state index contributed by atoms with van der Waals surface area (Å²) in [5, 5.41) is 18.1. The number of hydrogen-bond acceptors (Lipinski definition) is 4. The summed E-state index contributed by atoms with van der Waals surface area (Å²) in [4.78, 5) is 3.94. The maximum absolute atomic E-state index is 9.07. The molecule has 1 aromatic heterocycles. The van der Waals surface area contributed by atoms with Crippen LogP contribution < -0.4 is 0 Å². The van der Waals surface area contributed by atoms with E-state index in [1.54, 1.807) is 24.0 Å². The van der Waals surface area contributed by atoms with E-state index in [0.717, 1.165) is 11.3 Å². The summed E-state index contributed by atoms with van der Waals surface area (Å²) in [6.07, 6.45) is 1.07. The second kappa shape index (κ2) is 6.24. The van der Waals surface area contributed by atoms with Gasteiger partial charge in [0.1, 0.15) is 5.15 Å². The van der Waals surface area contributed by atoms with Gasteiger partial charge >= 0.3 is 0 Å². The lowest BCUT2D eigenvalue weighted by Crippen LogP contribution is -2.14. The van der Waals surface area contributed by atoms with Crippen molar-refractivity contribution in [1.29, 1.82) is 0 Å². The fourth-order valence-corrected chi connectivity index (χ4v) is 1.87. The first-order chi connectivity index (χ1) is 6.72. The van der Waals surface area contributed by atoms with Gasteiger partial charge in [0.15, 0.2) is 0 Å². The van der Waals surface area contributed by atoms with Crippen molar-refractivity contribution in [3.63, 3.8) is 0 Å². The molecule has 0 amide bonds. The highest BCUT2D eigenvalue weighted by atomic mass is 35.5. The van der Waals surface area contributed by atoms with Gasteiger partial charge in [0, 0.05) is 17.7 Å². The highest BCUT2D eigenvalue weighted by molar-refractivity contribution is 7.98. The van der Waals surface area contributed by atoms with Gasteiger partial charge in [-0.3, -0.25) is 0 Å². The molecule has 0 saturated carbocycles. The third-order valence-electron chi connectivity index (χ3n) is 1.58.